The fourth-order valence-corrected chi connectivity index (χ4v) is 4.76. The van der Waals surface area contributed by atoms with Crippen molar-refractivity contribution >= 4 is 41.9 Å². The second kappa shape index (κ2) is 26.1. The van der Waals surface area contributed by atoms with Gasteiger partial charge in [0.2, 0.25) is 0 Å². The fourth-order valence-electron chi connectivity index (χ4n) is 4.76. The van der Waals surface area contributed by atoms with Crippen molar-refractivity contribution in [1.29, 1.82) is 0 Å². The summed E-state index contributed by atoms with van der Waals surface area (Å²) in [5, 5.41) is 0. The molecule has 0 bridgehead atoms. The van der Waals surface area contributed by atoms with Crippen molar-refractivity contribution in [2.45, 2.75) is 112 Å². The number of hydrogen-bond acceptors (Lipinski definition) is 14. The van der Waals surface area contributed by atoms with E-state index < -0.39 is 53.0 Å². The molecule has 2 saturated heterocycles. The largest absolute Gasteiger partial charge is 0.519 e. The van der Waals surface area contributed by atoms with Crippen LogP contribution in [0, 0.1) is 11.8 Å². The number of carbonyl (C=O) groups excluding carboxylic acids is 7. The molecule has 0 aliphatic carbocycles. The van der Waals surface area contributed by atoms with Gasteiger partial charge in [0, 0.05) is 40.1 Å². The van der Waals surface area contributed by atoms with Gasteiger partial charge < -0.3 is 44.3 Å². The molecule has 4 N–H and O–H groups in total. The first-order valence-corrected chi connectivity index (χ1v) is 17.7. The number of piperidine rings is 2. The second-order valence-corrected chi connectivity index (χ2v) is 15.2. The minimum Gasteiger partial charge on any atom is -0.465 e. The van der Waals surface area contributed by atoms with Crippen molar-refractivity contribution in [3.8, 4) is 0 Å². The van der Waals surface area contributed by atoms with Gasteiger partial charge in [-0.15, -0.1) is 0 Å². The van der Waals surface area contributed by atoms with Crippen LogP contribution in [0.4, 0.5) is 14.4 Å². The van der Waals surface area contributed by atoms with Crippen molar-refractivity contribution in [1.82, 2.24) is 9.80 Å². The third-order valence-electron chi connectivity index (χ3n) is 6.91. The number of rotatable bonds is 6. The van der Waals surface area contributed by atoms with E-state index in [4.69, 9.17) is 23.7 Å². The fraction of sp³-hybridized carbons (Fsp3) is 0.658. The molecule has 2 aliphatic rings. The maximum Gasteiger partial charge on any atom is 0.519 e. The monoisotopic (exact) mass is 892 g/mol. The molecular weight excluding hydrogens is 831 g/mol. The molecule has 0 saturated carbocycles. The number of likely N-dealkylation sites (tertiary alicyclic amines) is 2. The number of Topliss-reactive ketones (excluding diaryl/α,β-unsaturated/α-hetero) is 2. The van der Waals surface area contributed by atoms with Gasteiger partial charge in [-0.2, -0.15) is 0 Å². The van der Waals surface area contributed by atoms with E-state index in [1.54, 1.807) is 76.2 Å². The summed E-state index contributed by atoms with van der Waals surface area (Å²) in [4.78, 5) is 84.2. The van der Waals surface area contributed by atoms with E-state index in [0.717, 1.165) is 13.1 Å². The van der Waals surface area contributed by atoms with Crippen LogP contribution in [0.2, 0.25) is 0 Å². The second-order valence-electron chi connectivity index (χ2n) is 15.2. The van der Waals surface area contributed by atoms with E-state index in [-0.39, 0.29) is 68.5 Å². The zero-order chi connectivity index (χ0) is 40.6. The van der Waals surface area contributed by atoms with Crippen molar-refractivity contribution in [2.24, 2.45) is 11.8 Å². The number of benzene rings is 1. The smallest absolute Gasteiger partial charge is 0.465 e. The number of amides is 1. The number of esters is 2. The van der Waals surface area contributed by atoms with Crippen LogP contribution in [0.5, 0.6) is 0 Å². The molecule has 2 atom stereocenters. The molecule has 0 spiro atoms. The normalized spacial score (nSPS) is 16.9. The Bertz CT molecular complexity index is 1380. The molecule has 2 heterocycles. The Labute approximate surface area is 343 Å². The molecule has 2 aliphatic heterocycles. The maximum absolute atomic E-state index is 12.0. The van der Waals surface area contributed by atoms with Crippen LogP contribution in [0.25, 0.3) is 0 Å². The molecule has 56 heavy (non-hydrogen) atoms. The molecule has 3 rings (SSSR count). The van der Waals surface area contributed by atoms with Crippen LogP contribution < -0.4 is 0 Å². The van der Waals surface area contributed by atoms with Gasteiger partial charge in [0.15, 0.2) is 11.6 Å². The molecule has 1 amide bonds. The van der Waals surface area contributed by atoms with Gasteiger partial charge in [0.1, 0.15) is 28.6 Å². The predicted octanol–water partition coefficient (Wildman–Crippen LogP) is 4.24. The quantitative estimate of drug-likeness (QED) is 0.168. The number of ketones is 2. The molecule has 1 aromatic rings. The third kappa shape index (κ3) is 23.9. The first-order chi connectivity index (χ1) is 24.4. The van der Waals surface area contributed by atoms with Gasteiger partial charge in [0.25, 0.3) is 0 Å². The number of ether oxygens (including phenoxy) is 6. The Kier molecular flexibility index (Phi) is 26.2. The van der Waals surface area contributed by atoms with Crippen LogP contribution in [-0.4, -0.2) is 119 Å². The van der Waals surface area contributed by atoms with Crippen LogP contribution >= 0.6 is 0 Å². The van der Waals surface area contributed by atoms with Crippen molar-refractivity contribution in [3.05, 3.63) is 35.9 Å². The third-order valence-corrected chi connectivity index (χ3v) is 6.91. The van der Waals surface area contributed by atoms with Gasteiger partial charge >= 0.3 is 30.3 Å². The summed E-state index contributed by atoms with van der Waals surface area (Å²) in [6.45, 7) is 21.4. The standard InChI is InChI=1S/C15H19NO3.C13H21NO5.C10H18O5.2H2O.Pd/c1-2-19-15(18)13-8-9-16(11-14(13)17)10-12-6-4-3-5-7-12;1-5-18-11(16)9-6-7-14(8-10(9)15)12(17)19-13(2,3)4;1-9(2,3)14-7(11)13-8(12)15-10(4,5)6;;;/h3-7,13H,2,8-11H2,1H3;9H,5-8H2,1-4H3;1-6H3;2*1H2;. The van der Waals surface area contributed by atoms with E-state index in [1.807, 2.05) is 30.3 Å². The minimum absolute atomic E-state index is 0. The molecule has 18 heteroatoms. The summed E-state index contributed by atoms with van der Waals surface area (Å²) in [5.74, 6) is -2.51. The first kappa shape index (κ1) is 56.4. The molecule has 0 aromatic heterocycles. The van der Waals surface area contributed by atoms with E-state index in [9.17, 15) is 33.6 Å². The summed E-state index contributed by atoms with van der Waals surface area (Å²) >= 11 is 0. The molecule has 0 radical (unpaired) electrons. The van der Waals surface area contributed by atoms with Gasteiger partial charge in [0.05, 0.1) is 26.3 Å². The molecule has 1 aromatic carbocycles. The molecule has 2 fully saturated rings. The number of carbonyl (C=O) groups is 7. The van der Waals surface area contributed by atoms with Crippen LogP contribution in [-0.2, 0) is 74.6 Å². The van der Waals surface area contributed by atoms with Crippen LogP contribution in [0.3, 0.4) is 0 Å². The summed E-state index contributed by atoms with van der Waals surface area (Å²) in [6, 6.07) is 10.0. The van der Waals surface area contributed by atoms with Crippen LogP contribution in [0.1, 0.15) is 94.6 Å². The van der Waals surface area contributed by atoms with E-state index in [1.165, 1.54) is 10.5 Å². The van der Waals surface area contributed by atoms with E-state index in [0.29, 0.717) is 26.1 Å². The average molecular weight is 893 g/mol. The van der Waals surface area contributed by atoms with Gasteiger partial charge in [-0.3, -0.25) is 24.1 Å². The average Bonchev–Trinajstić information content (AvgIpc) is 2.99. The van der Waals surface area contributed by atoms with Gasteiger partial charge in [-0.05, 0) is 94.6 Å². The Morgan fingerprint density at radius 2 is 1.05 bits per heavy atom. The van der Waals surface area contributed by atoms with E-state index >= 15 is 0 Å². The molecule has 324 valence electrons. The molecular formula is C38H62N2O15Pd. The Balaban J connectivity index is -0.000000740. The number of nitrogens with zero attached hydrogens (tertiary/aromatic N) is 2. The summed E-state index contributed by atoms with van der Waals surface area (Å²) < 4.78 is 28.7. The van der Waals surface area contributed by atoms with Gasteiger partial charge in [-0.1, -0.05) is 30.3 Å². The summed E-state index contributed by atoms with van der Waals surface area (Å²) in [7, 11) is 0. The zero-order valence-corrected chi connectivity index (χ0v) is 36.0. The molecule has 2 unspecified atom stereocenters. The summed E-state index contributed by atoms with van der Waals surface area (Å²) in [6.07, 6.45) is -1.79. The SMILES string of the molecule is CC(C)(C)OC(=O)OC(=O)OC(C)(C)C.CCOC(=O)C1CCN(C(=O)OC(C)(C)C)CC1=O.CCOC(=O)C1CCN(Cc2ccccc2)CC1=O.O.O.[Pd]. The Hall–Kier alpha value is -3.95. The zero-order valence-electron chi connectivity index (χ0n) is 34.4. The van der Waals surface area contributed by atoms with Crippen molar-refractivity contribution in [3.63, 3.8) is 0 Å². The van der Waals surface area contributed by atoms with E-state index in [2.05, 4.69) is 9.64 Å². The predicted molar refractivity (Wildman–Crippen MR) is 200 cm³/mol. The van der Waals surface area contributed by atoms with Crippen molar-refractivity contribution < 1.29 is 93.4 Å². The topological polar surface area (TPSA) is 244 Å². The summed E-state index contributed by atoms with van der Waals surface area (Å²) in [5.41, 5.74) is -0.805. The Morgan fingerprint density at radius 1 is 0.643 bits per heavy atom. The first-order valence-electron chi connectivity index (χ1n) is 17.7. The minimum atomic E-state index is -1.06. The maximum atomic E-state index is 12.0. The molecule has 17 nitrogen and oxygen atoms in total. The van der Waals surface area contributed by atoms with Gasteiger partial charge in [-0.25, -0.2) is 14.4 Å². The van der Waals surface area contributed by atoms with Crippen molar-refractivity contribution in [2.75, 3.05) is 39.4 Å². The van der Waals surface area contributed by atoms with Crippen LogP contribution in [0.15, 0.2) is 30.3 Å². The Morgan fingerprint density at radius 3 is 1.43 bits per heavy atom. The number of hydrogen-bond donors (Lipinski definition) is 0.